The van der Waals surface area contributed by atoms with Crippen LogP contribution < -0.4 is 0 Å². The average Bonchev–Trinajstić information content (AvgIpc) is 2.54. The lowest BCUT2D eigenvalue weighted by Gasteiger charge is -2.10. The number of halogens is 4. The Balaban J connectivity index is 0.00000132. The molecule has 4 rings (SSSR count). The maximum Gasteiger partial charge on any atom is -0.00992 e. The molecule has 4 heteroatoms. The average molecular weight is 400 g/mol. The van der Waals surface area contributed by atoms with Gasteiger partial charge in [-0.25, -0.2) is 0 Å². The summed E-state index contributed by atoms with van der Waals surface area (Å²) in [6, 6.07) is 30.2. The molecule has 0 spiro atoms. The quantitative estimate of drug-likeness (QED) is 0.314. The van der Waals surface area contributed by atoms with Crippen molar-refractivity contribution in [2.24, 2.45) is 0 Å². The van der Waals surface area contributed by atoms with Crippen LogP contribution >= 0.6 is 49.6 Å². The van der Waals surface area contributed by atoms with Gasteiger partial charge in [0.05, 0.1) is 0 Å². The summed E-state index contributed by atoms with van der Waals surface area (Å²) < 4.78 is 0. The lowest BCUT2D eigenvalue weighted by atomic mass is 9.94. The van der Waals surface area contributed by atoms with Crippen molar-refractivity contribution in [3.05, 3.63) is 84.9 Å². The lowest BCUT2D eigenvalue weighted by molar-refractivity contribution is 1.68. The minimum absolute atomic E-state index is 0. The van der Waals surface area contributed by atoms with Gasteiger partial charge in [0.25, 0.3) is 0 Å². The van der Waals surface area contributed by atoms with E-state index in [1.54, 1.807) is 0 Å². The van der Waals surface area contributed by atoms with E-state index in [1.165, 1.54) is 32.7 Å². The van der Waals surface area contributed by atoms with E-state index in [-0.39, 0.29) is 49.6 Å². The minimum atomic E-state index is 0. The number of benzene rings is 4. The summed E-state index contributed by atoms with van der Waals surface area (Å²) in [5.41, 5.74) is 2.61. The van der Waals surface area contributed by atoms with Gasteiger partial charge in [0.1, 0.15) is 0 Å². The van der Waals surface area contributed by atoms with E-state index in [4.69, 9.17) is 0 Å². The highest BCUT2D eigenvalue weighted by atomic mass is 35.5. The Morgan fingerprint density at radius 3 is 1.08 bits per heavy atom. The molecule has 0 saturated heterocycles. The van der Waals surface area contributed by atoms with Gasteiger partial charge in [-0.1, -0.05) is 84.9 Å². The molecule has 0 amide bonds. The van der Waals surface area contributed by atoms with E-state index in [1.807, 2.05) is 0 Å². The minimum Gasteiger partial charge on any atom is -0.147 e. The molecule has 0 nitrogen and oxygen atoms in total. The second-order valence-corrected chi connectivity index (χ2v) is 5.05. The summed E-state index contributed by atoms with van der Waals surface area (Å²) in [6.45, 7) is 0. The predicted molar refractivity (Wildman–Crippen MR) is 116 cm³/mol. The molecule has 4 aromatic carbocycles. The Bertz CT molecular complexity index is 831. The maximum atomic E-state index is 2.21. The van der Waals surface area contributed by atoms with Gasteiger partial charge in [-0.3, -0.25) is 0 Å². The molecule has 0 saturated carbocycles. The molecule has 0 aliphatic heterocycles. The second kappa shape index (κ2) is 9.76. The zero-order chi connectivity index (χ0) is 13.4. The first-order chi connectivity index (χ1) is 9.93. The fourth-order valence-electron chi connectivity index (χ4n) is 2.92. The summed E-state index contributed by atoms with van der Waals surface area (Å²) in [6.07, 6.45) is 0. The highest BCUT2D eigenvalue weighted by Crippen LogP contribution is 2.33. The highest BCUT2D eigenvalue weighted by Gasteiger charge is 2.06. The first-order valence-electron chi connectivity index (χ1n) is 6.89. The topological polar surface area (TPSA) is 0 Å². The normalized spacial score (nSPS) is 9.17. The summed E-state index contributed by atoms with van der Waals surface area (Å²) in [5, 5.41) is 5.20. The van der Waals surface area contributed by atoms with Crippen molar-refractivity contribution >= 4 is 71.2 Å². The molecule has 0 aliphatic carbocycles. The fourth-order valence-corrected chi connectivity index (χ4v) is 2.92. The van der Waals surface area contributed by atoms with E-state index in [0.29, 0.717) is 0 Å². The Morgan fingerprint density at radius 2 is 0.667 bits per heavy atom. The standard InChI is InChI=1S/C20H14.4ClH/c1-3-11-17-15(7-1)9-5-13-19(17)20-14-6-10-16-8-2-4-12-18(16)20;;;;/h1-14H;4*1H. The molecular weight excluding hydrogens is 382 g/mol. The van der Waals surface area contributed by atoms with Crippen LogP contribution in [0.5, 0.6) is 0 Å². The predicted octanol–water partition coefficient (Wildman–Crippen LogP) is 7.35. The van der Waals surface area contributed by atoms with E-state index in [0.717, 1.165) is 0 Å². The van der Waals surface area contributed by atoms with Crippen molar-refractivity contribution in [1.82, 2.24) is 0 Å². The van der Waals surface area contributed by atoms with Crippen LogP contribution in [0, 0.1) is 0 Å². The van der Waals surface area contributed by atoms with Gasteiger partial charge in [-0.15, -0.1) is 49.6 Å². The molecule has 0 N–H and O–H groups in total. The number of hydrogen-bond acceptors (Lipinski definition) is 0. The molecule has 0 aromatic heterocycles. The van der Waals surface area contributed by atoms with Crippen LogP contribution in [-0.4, -0.2) is 0 Å². The van der Waals surface area contributed by atoms with Crippen molar-refractivity contribution in [2.45, 2.75) is 0 Å². The van der Waals surface area contributed by atoms with Crippen molar-refractivity contribution in [3.63, 3.8) is 0 Å². The van der Waals surface area contributed by atoms with Crippen LogP contribution in [0.1, 0.15) is 0 Å². The van der Waals surface area contributed by atoms with Gasteiger partial charge in [-0.2, -0.15) is 0 Å². The zero-order valence-corrected chi connectivity index (χ0v) is 16.0. The summed E-state index contributed by atoms with van der Waals surface area (Å²) in [5.74, 6) is 0. The van der Waals surface area contributed by atoms with Crippen molar-refractivity contribution in [2.75, 3.05) is 0 Å². The molecule has 0 heterocycles. The van der Waals surface area contributed by atoms with Crippen LogP contribution in [0.25, 0.3) is 32.7 Å². The first kappa shape index (κ1) is 22.6. The van der Waals surface area contributed by atoms with Crippen LogP contribution in [-0.2, 0) is 0 Å². The second-order valence-electron chi connectivity index (χ2n) is 5.05. The van der Waals surface area contributed by atoms with Gasteiger partial charge >= 0.3 is 0 Å². The number of fused-ring (bicyclic) bond motifs is 2. The summed E-state index contributed by atoms with van der Waals surface area (Å²) in [4.78, 5) is 0. The first-order valence-corrected chi connectivity index (χ1v) is 6.89. The van der Waals surface area contributed by atoms with E-state index in [9.17, 15) is 0 Å². The molecule has 0 fully saturated rings. The smallest absolute Gasteiger partial charge is 0.00992 e. The van der Waals surface area contributed by atoms with Crippen LogP contribution in [0.4, 0.5) is 0 Å². The van der Waals surface area contributed by atoms with Crippen molar-refractivity contribution in [1.29, 1.82) is 0 Å². The van der Waals surface area contributed by atoms with E-state index < -0.39 is 0 Å². The van der Waals surface area contributed by atoms with Crippen LogP contribution in [0.15, 0.2) is 84.9 Å². The summed E-state index contributed by atoms with van der Waals surface area (Å²) in [7, 11) is 0. The Kier molecular flexibility index (Phi) is 9.17. The van der Waals surface area contributed by atoms with Gasteiger partial charge in [-0.05, 0) is 32.7 Å². The van der Waals surface area contributed by atoms with Crippen molar-refractivity contribution in [3.8, 4) is 11.1 Å². The lowest BCUT2D eigenvalue weighted by Crippen LogP contribution is -1.83. The van der Waals surface area contributed by atoms with Gasteiger partial charge in [0, 0.05) is 0 Å². The SMILES string of the molecule is Cl.Cl.Cl.Cl.c1ccc2c(-c3cccc4ccccc34)cccc2c1. The monoisotopic (exact) mass is 398 g/mol. The molecule has 0 unspecified atom stereocenters. The van der Waals surface area contributed by atoms with Crippen molar-refractivity contribution < 1.29 is 0 Å². The molecule has 0 aliphatic rings. The molecular formula is C20H18Cl4. The van der Waals surface area contributed by atoms with Crippen LogP contribution in [0.2, 0.25) is 0 Å². The molecule has 0 bridgehead atoms. The molecule has 0 atom stereocenters. The third-order valence-corrected chi connectivity index (χ3v) is 3.87. The Labute approximate surface area is 166 Å². The highest BCUT2D eigenvalue weighted by molar-refractivity contribution is 6.05. The molecule has 24 heavy (non-hydrogen) atoms. The molecule has 4 aromatic rings. The summed E-state index contributed by atoms with van der Waals surface area (Å²) >= 11 is 0. The third kappa shape index (κ3) is 3.96. The largest absolute Gasteiger partial charge is 0.147 e. The zero-order valence-electron chi connectivity index (χ0n) is 12.7. The van der Waals surface area contributed by atoms with Crippen LogP contribution in [0.3, 0.4) is 0 Å². The molecule has 0 radical (unpaired) electrons. The van der Waals surface area contributed by atoms with E-state index >= 15 is 0 Å². The third-order valence-electron chi connectivity index (χ3n) is 3.87. The Morgan fingerprint density at radius 1 is 0.333 bits per heavy atom. The van der Waals surface area contributed by atoms with E-state index in [2.05, 4.69) is 84.9 Å². The number of hydrogen-bond donors (Lipinski definition) is 0. The van der Waals surface area contributed by atoms with Gasteiger partial charge in [0.15, 0.2) is 0 Å². The van der Waals surface area contributed by atoms with Gasteiger partial charge in [0.2, 0.25) is 0 Å². The Hall–Kier alpha value is -1.44. The number of rotatable bonds is 1. The molecule has 126 valence electrons. The van der Waals surface area contributed by atoms with Gasteiger partial charge < -0.3 is 0 Å². The maximum absolute atomic E-state index is 2.21. The fraction of sp³-hybridized carbons (Fsp3) is 0.